The lowest BCUT2D eigenvalue weighted by Crippen LogP contribution is -2.31. The molecule has 110 valence electrons. The van der Waals surface area contributed by atoms with Crippen LogP contribution in [0.4, 0.5) is 4.39 Å². The predicted octanol–water partition coefficient (Wildman–Crippen LogP) is 0.817. The summed E-state index contributed by atoms with van der Waals surface area (Å²) >= 11 is 5.81. The third kappa shape index (κ3) is 2.05. The molecular formula is C12H11ClFN5O2. The number of imidazole rings is 1. The number of aromatic nitrogens is 4. The van der Waals surface area contributed by atoms with Gasteiger partial charge in [0.25, 0.3) is 0 Å². The second kappa shape index (κ2) is 4.87. The van der Waals surface area contributed by atoms with Crippen molar-refractivity contribution in [2.45, 2.75) is 25.0 Å². The topological polar surface area (TPSA) is 108 Å². The zero-order valence-corrected chi connectivity index (χ0v) is 11.5. The van der Waals surface area contributed by atoms with E-state index in [4.69, 9.17) is 11.6 Å². The summed E-state index contributed by atoms with van der Waals surface area (Å²) in [5, 5.41) is 28.5. The summed E-state index contributed by atoms with van der Waals surface area (Å²) < 4.78 is 14.9. The van der Waals surface area contributed by atoms with Crippen LogP contribution in [0.15, 0.2) is 6.33 Å². The Balaban J connectivity index is 2.05. The van der Waals surface area contributed by atoms with Crippen LogP contribution in [0.25, 0.3) is 11.2 Å². The van der Waals surface area contributed by atoms with Crippen molar-refractivity contribution >= 4 is 22.8 Å². The van der Waals surface area contributed by atoms with Crippen LogP contribution in [0.2, 0.25) is 5.15 Å². The second-order valence-corrected chi connectivity index (χ2v) is 5.50. The Hall–Kier alpha value is -1.82. The van der Waals surface area contributed by atoms with Gasteiger partial charge in [0.1, 0.15) is 10.9 Å². The van der Waals surface area contributed by atoms with Crippen LogP contribution in [0.3, 0.4) is 0 Å². The van der Waals surface area contributed by atoms with Crippen LogP contribution in [0, 0.1) is 22.8 Å². The molecule has 0 unspecified atom stereocenters. The van der Waals surface area contributed by atoms with Crippen LogP contribution < -0.4 is 0 Å². The fraction of sp³-hybridized carbons (Fsp3) is 0.500. The molecule has 1 aliphatic rings. The summed E-state index contributed by atoms with van der Waals surface area (Å²) in [7, 11) is 0. The van der Waals surface area contributed by atoms with Gasteiger partial charge < -0.3 is 14.8 Å². The first-order valence-corrected chi connectivity index (χ1v) is 6.64. The van der Waals surface area contributed by atoms with Gasteiger partial charge in [-0.25, -0.2) is 4.98 Å². The van der Waals surface area contributed by atoms with Crippen molar-refractivity contribution in [3.63, 3.8) is 0 Å². The van der Waals surface area contributed by atoms with E-state index in [1.165, 1.54) is 6.33 Å². The largest absolute Gasteiger partial charge is 0.395 e. The first-order chi connectivity index (χ1) is 10.0. The molecule has 9 heteroatoms. The molecule has 3 atom stereocenters. The highest BCUT2D eigenvalue weighted by molar-refractivity contribution is 6.33. The Bertz CT molecular complexity index is 745. The third-order valence-corrected chi connectivity index (χ3v) is 4.25. The minimum absolute atomic E-state index is 0.0940. The molecule has 0 aromatic carbocycles. The Morgan fingerprint density at radius 1 is 1.57 bits per heavy atom. The Morgan fingerprint density at radius 3 is 2.95 bits per heavy atom. The highest BCUT2D eigenvalue weighted by Crippen LogP contribution is 2.44. The van der Waals surface area contributed by atoms with Gasteiger partial charge in [0.05, 0.1) is 25.1 Å². The minimum atomic E-state index is -1.23. The lowest BCUT2D eigenvalue weighted by molar-refractivity contribution is 0.0460. The molecule has 0 amide bonds. The van der Waals surface area contributed by atoms with E-state index in [9.17, 15) is 19.9 Å². The summed E-state index contributed by atoms with van der Waals surface area (Å²) in [6.45, 7) is -0.447. The van der Waals surface area contributed by atoms with Gasteiger partial charge in [0.15, 0.2) is 10.8 Å². The predicted molar refractivity (Wildman–Crippen MR) is 69.7 cm³/mol. The van der Waals surface area contributed by atoms with E-state index in [-0.39, 0.29) is 35.2 Å². The van der Waals surface area contributed by atoms with Crippen molar-refractivity contribution in [1.82, 2.24) is 19.5 Å². The molecule has 2 N–H and O–H groups in total. The number of hydrogen-bond donors (Lipinski definition) is 2. The highest BCUT2D eigenvalue weighted by Gasteiger charge is 2.48. The van der Waals surface area contributed by atoms with E-state index in [0.717, 1.165) is 0 Å². The van der Waals surface area contributed by atoms with Crippen LogP contribution in [-0.2, 0) is 0 Å². The van der Waals surface area contributed by atoms with E-state index in [2.05, 4.69) is 15.0 Å². The van der Waals surface area contributed by atoms with Gasteiger partial charge in [-0.05, 0) is 12.8 Å². The molecule has 0 radical (unpaired) electrons. The Morgan fingerprint density at radius 2 is 2.33 bits per heavy atom. The molecule has 0 spiro atoms. The normalized spacial score (nSPS) is 28.9. The van der Waals surface area contributed by atoms with Crippen molar-refractivity contribution < 1.29 is 14.6 Å². The maximum absolute atomic E-state index is 13.3. The summed E-state index contributed by atoms with van der Waals surface area (Å²) in [5.41, 5.74) is -0.765. The number of hydrogen-bond acceptors (Lipinski definition) is 6. The minimum Gasteiger partial charge on any atom is -0.395 e. The SMILES string of the molecule is N#C[C@]1(CO)C[C@@H](n2cnc3c(Cl)nc(F)nc32)C[C@@H]1O. The van der Waals surface area contributed by atoms with E-state index in [1.807, 2.05) is 6.07 Å². The molecule has 21 heavy (non-hydrogen) atoms. The van der Waals surface area contributed by atoms with Crippen LogP contribution >= 0.6 is 11.6 Å². The molecule has 2 aromatic heterocycles. The first kappa shape index (κ1) is 14.1. The summed E-state index contributed by atoms with van der Waals surface area (Å²) in [6, 6.07) is 1.64. The summed E-state index contributed by atoms with van der Waals surface area (Å²) in [6.07, 6.45) is -0.0652. The zero-order chi connectivity index (χ0) is 15.2. The molecule has 7 nitrogen and oxygen atoms in total. The maximum Gasteiger partial charge on any atom is 0.312 e. The highest BCUT2D eigenvalue weighted by atomic mass is 35.5. The second-order valence-electron chi connectivity index (χ2n) is 5.14. The van der Waals surface area contributed by atoms with Gasteiger partial charge in [0, 0.05) is 6.04 Å². The van der Waals surface area contributed by atoms with E-state index >= 15 is 0 Å². The molecule has 2 aromatic rings. The Kier molecular flexibility index (Phi) is 3.28. The van der Waals surface area contributed by atoms with Gasteiger partial charge in [0.2, 0.25) is 0 Å². The molecule has 1 aliphatic carbocycles. The van der Waals surface area contributed by atoms with Crippen molar-refractivity contribution in [3.8, 4) is 6.07 Å². The lowest BCUT2D eigenvalue weighted by Gasteiger charge is -2.21. The van der Waals surface area contributed by atoms with Crippen molar-refractivity contribution in [3.05, 3.63) is 17.6 Å². The lowest BCUT2D eigenvalue weighted by atomic mass is 9.87. The first-order valence-electron chi connectivity index (χ1n) is 6.26. The average Bonchev–Trinajstić information content (AvgIpc) is 3.00. The standard InChI is InChI=1S/C12H11ClFN5O2/c13-9-8-10(18-11(14)17-9)19(5-16-8)6-1-7(21)12(2-6,3-15)4-20/h5-7,20-21H,1-2,4H2/t6-,7-,12-/m0/s1. The Labute approximate surface area is 123 Å². The number of fused-ring (bicyclic) bond motifs is 1. The van der Waals surface area contributed by atoms with Crippen molar-refractivity contribution in [1.29, 1.82) is 5.26 Å². The summed E-state index contributed by atoms with van der Waals surface area (Å²) in [4.78, 5) is 11.1. The molecular weight excluding hydrogens is 301 g/mol. The molecule has 0 saturated heterocycles. The number of nitrogens with zero attached hydrogens (tertiary/aromatic N) is 5. The number of halogens is 2. The number of rotatable bonds is 2. The number of aliphatic hydroxyl groups excluding tert-OH is 2. The zero-order valence-electron chi connectivity index (χ0n) is 10.7. The van der Waals surface area contributed by atoms with Crippen molar-refractivity contribution in [2.24, 2.45) is 5.41 Å². The smallest absolute Gasteiger partial charge is 0.312 e. The van der Waals surface area contributed by atoms with E-state index in [0.29, 0.717) is 0 Å². The van der Waals surface area contributed by atoms with Gasteiger partial charge in [-0.15, -0.1) is 0 Å². The van der Waals surface area contributed by atoms with E-state index in [1.54, 1.807) is 4.57 Å². The molecule has 1 saturated carbocycles. The fourth-order valence-electron chi connectivity index (χ4n) is 2.78. The monoisotopic (exact) mass is 311 g/mol. The van der Waals surface area contributed by atoms with Gasteiger partial charge in [-0.1, -0.05) is 11.6 Å². The third-order valence-electron chi connectivity index (χ3n) is 3.98. The average molecular weight is 312 g/mol. The van der Waals surface area contributed by atoms with Gasteiger partial charge >= 0.3 is 6.08 Å². The van der Waals surface area contributed by atoms with Crippen molar-refractivity contribution in [2.75, 3.05) is 6.61 Å². The number of aliphatic hydroxyl groups is 2. The quantitative estimate of drug-likeness (QED) is 0.628. The molecule has 3 rings (SSSR count). The summed E-state index contributed by atoms with van der Waals surface area (Å²) in [5.74, 6) is 0. The van der Waals surface area contributed by atoms with Gasteiger partial charge in [-0.2, -0.15) is 19.6 Å². The maximum atomic E-state index is 13.3. The molecule has 2 heterocycles. The molecule has 1 fully saturated rings. The number of nitriles is 1. The molecule has 0 bridgehead atoms. The molecule has 0 aliphatic heterocycles. The van der Waals surface area contributed by atoms with Crippen LogP contribution in [0.1, 0.15) is 18.9 Å². The van der Waals surface area contributed by atoms with Crippen LogP contribution in [-0.4, -0.2) is 42.4 Å². The van der Waals surface area contributed by atoms with Crippen LogP contribution in [0.5, 0.6) is 0 Å². The van der Waals surface area contributed by atoms with Gasteiger partial charge in [-0.3, -0.25) is 0 Å². The van der Waals surface area contributed by atoms with E-state index < -0.39 is 24.2 Å². The fourth-order valence-corrected chi connectivity index (χ4v) is 2.99.